The maximum absolute atomic E-state index is 13.1. The SMILES string of the molecule is CCOC(=O)CCN(C)C(=O)c1cc(F)ccc1C. The Labute approximate surface area is 112 Å². The van der Waals surface area contributed by atoms with Crippen molar-refractivity contribution >= 4 is 11.9 Å². The molecule has 0 radical (unpaired) electrons. The number of nitrogens with zero attached hydrogens (tertiary/aromatic N) is 1. The van der Waals surface area contributed by atoms with Crippen molar-refractivity contribution in [2.75, 3.05) is 20.2 Å². The van der Waals surface area contributed by atoms with Crippen LogP contribution in [0.25, 0.3) is 0 Å². The molecule has 0 aliphatic rings. The van der Waals surface area contributed by atoms with Gasteiger partial charge in [0, 0.05) is 19.2 Å². The normalized spacial score (nSPS) is 10.1. The number of amides is 1. The first-order valence-electron chi connectivity index (χ1n) is 6.13. The van der Waals surface area contributed by atoms with Crippen LogP contribution in [0.2, 0.25) is 0 Å². The number of carbonyl (C=O) groups excluding carboxylic acids is 2. The van der Waals surface area contributed by atoms with Crippen molar-refractivity contribution in [2.45, 2.75) is 20.3 Å². The van der Waals surface area contributed by atoms with E-state index in [9.17, 15) is 14.0 Å². The summed E-state index contributed by atoms with van der Waals surface area (Å²) in [5, 5.41) is 0. The Morgan fingerprint density at radius 1 is 1.37 bits per heavy atom. The van der Waals surface area contributed by atoms with Crippen molar-refractivity contribution in [2.24, 2.45) is 0 Å². The first-order chi connectivity index (χ1) is 8.95. The molecule has 0 spiro atoms. The first kappa shape index (κ1) is 15.1. The molecule has 0 unspecified atom stereocenters. The number of hydrogen-bond acceptors (Lipinski definition) is 3. The smallest absolute Gasteiger partial charge is 0.307 e. The third kappa shape index (κ3) is 4.35. The third-order valence-electron chi connectivity index (χ3n) is 2.73. The van der Waals surface area contributed by atoms with E-state index in [1.54, 1.807) is 27.0 Å². The predicted molar refractivity (Wildman–Crippen MR) is 69.3 cm³/mol. The summed E-state index contributed by atoms with van der Waals surface area (Å²) >= 11 is 0. The average Bonchev–Trinajstić information content (AvgIpc) is 2.38. The molecular weight excluding hydrogens is 249 g/mol. The van der Waals surface area contributed by atoms with Gasteiger partial charge in [-0.2, -0.15) is 0 Å². The summed E-state index contributed by atoms with van der Waals surface area (Å²) in [6.45, 7) is 4.03. The fourth-order valence-corrected chi connectivity index (χ4v) is 1.62. The lowest BCUT2D eigenvalue weighted by molar-refractivity contribution is -0.143. The van der Waals surface area contributed by atoms with Gasteiger partial charge in [-0.05, 0) is 31.5 Å². The van der Waals surface area contributed by atoms with E-state index in [0.717, 1.165) is 0 Å². The standard InChI is InChI=1S/C14H18FNO3/c1-4-19-13(17)7-8-16(3)14(18)12-9-11(15)6-5-10(12)2/h5-6,9H,4,7-8H2,1-3H3. The number of halogens is 1. The zero-order valence-corrected chi connectivity index (χ0v) is 11.4. The minimum atomic E-state index is -0.451. The summed E-state index contributed by atoms with van der Waals surface area (Å²) in [6, 6.07) is 4.07. The lowest BCUT2D eigenvalue weighted by Crippen LogP contribution is -2.30. The highest BCUT2D eigenvalue weighted by Gasteiger charge is 2.16. The lowest BCUT2D eigenvalue weighted by Gasteiger charge is -2.17. The van der Waals surface area contributed by atoms with E-state index in [2.05, 4.69) is 0 Å². The molecule has 0 N–H and O–H groups in total. The van der Waals surface area contributed by atoms with Gasteiger partial charge in [0.1, 0.15) is 5.82 Å². The molecule has 0 saturated carbocycles. The van der Waals surface area contributed by atoms with Crippen LogP contribution >= 0.6 is 0 Å². The van der Waals surface area contributed by atoms with Crippen molar-refractivity contribution in [1.82, 2.24) is 4.90 Å². The topological polar surface area (TPSA) is 46.6 Å². The summed E-state index contributed by atoms with van der Waals surface area (Å²) in [5.74, 6) is -1.10. The van der Waals surface area contributed by atoms with Gasteiger partial charge in [0.25, 0.3) is 5.91 Å². The molecule has 104 valence electrons. The molecule has 19 heavy (non-hydrogen) atoms. The van der Waals surface area contributed by atoms with Crippen LogP contribution in [-0.4, -0.2) is 37.0 Å². The molecule has 0 heterocycles. The molecule has 5 heteroatoms. The van der Waals surface area contributed by atoms with E-state index in [4.69, 9.17) is 4.74 Å². The van der Waals surface area contributed by atoms with Gasteiger partial charge in [0.2, 0.25) is 0 Å². The van der Waals surface area contributed by atoms with E-state index in [0.29, 0.717) is 17.7 Å². The third-order valence-corrected chi connectivity index (χ3v) is 2.73. The molecule has 0 aliphatic carbocycles. The maximum atomic E-state index is 13.1. The van der Waals surface area contributed by atoms with Crippen molar-refractivity contribution in [1.29, 1.82) is 0 Å². The minimum absolute atomic E-state index is 0.129. The Morgan fingerprint density at radius 3 is 2.68 bits per heavy atom. The van der Waals surface area contributed by atoms with E-state index >= 15 is 0 Å². The average molecular weight is 267 g/mol. The van der Waals surface area contributed by atoms with E-state index in [-0.39, 0.29) is 24.8 Å². The number of hydrogen-bond donors (Lipinski definition) is 0. The van der Waals surface area contributed by atoms with Crippen molar-refractivity contribution in [3.05, 3.63) is 35.1 Å². The van der Waals surface area contributed by atoms with Gasteiger partial charge < -0.3 is 9.64 Å². The largest absolute Gasteiger partial charge is 0.466 e. The fourth-order valence-electron chi connectivity index (χ4n) is 1.62. The molecule has 0 bridgehead atoms. The summed E-state index contributed by atoms with van der Waals surface area (Å²) in [6.07, 6.45) is 0.129. The maximum Gasteiger partial charge on any atom is 0.307 e. The summed E-state index contributed by atoms with van der Waals surface area (Å²) in [5.41, 5.74) is 1.01. The molecule has 1 aromatic carbocycles. The molecule has 0 aliphatic heterocycles. The molecule has 1 rings (SSSR count). The molecular formula is C14H18FNO3. The number of rotatable bonds is 5. The van der Waals surface area contributed by atoms with Gasteiger partial charge in [-0.15, -0.1) is 0 Å². The molecule has 4 nitrogen and oxygen atoms in total. The Kier molecular flexibility index (Phi) is 5.48. The van der Waals surface area contributed by atoms with Gasteiger partial charge in [0.05, 0.1) is 13.0 Å². The van der Waals surface area contributed by atoms with Gasteiger partial charge in [0.15, 0.2) is 0 Å². The second-order valence-corrected chi connectivity index (χ2v) is 4.24. The van der Waals surface area contributed by atoms with Crippen LogP contribution in [0.3, 0.4) is 0 Å². The van der Waals surface area contributed by atoms with Crippen LogP contribution in [0.15, 0.2) is 18.2 Å². The van der Waals surface area contributed by atoms with Crippen LogP contribution in [0, 0.1) is 12.7 Å². The second-order valence-electron chi connectivity index (χ2n) is 4.24. The molecule has 0 aromatic heterocycles. The number of benzene rings is 1. The fraction of sp³-hybridized carbons (Fsp3) is 0.429. The van der Waals surface area contributed by atoms with Crippen LogP contribution in [0.1, 0.15) is 29.3 Å². The zero-order valence-electron chi connectivity index (χ0n) is 11.4. The highest BCUT2D eigenvalue weighted by molar-refractivity contribution is 5.95. The minimum Gasteiger partial charge on any atom is -0.466 e. The lowest BCUT2D eigenvalue weighted by atomic mass is 10.1. The van der Waals surface area contributed by atoms with E-state index < -0.39 is 5.82 Å². The molecule has 1 amide bonds. The van der Waals surface area contributed by atoms with Crippen LogP contribution in [0.5, 0.6) is 0 Å². The molecule has 1 aromatic rings. The van der Waals surface area contributed by atoms with Gasteiger partial charge in [-0.3, -0.25) is 9.59 Å². The predicted octanol–water partition coefficient (Wildman–Crippen LogP) is 2.16. The summed E-state index contributed by atoms with van der Waals surface area (Å²) < 4.78 is 17.9. The van der Waals surface area contributed by atoms with Crippen molar-refractivity contribution < 1.29 is 18.7 Å². The Bertz CT molecular complexity index is 474. The van der Waals surface area contributed by atoms with Crippen molar-refractivity contribution in [3.8, 4) is 0 Å². The quantitative estimate of drug-likeness (QED) is 0.768. The monoisotopic (exact) mass is 267 g/mol. The Morgan fingerprint density at radius 2 is 2.05 bits per heavy atom. The number of esters is 1. The van der Waals surface area contributed by atoms with Gasteiger partial charge in [-0.1, -0.05) is 6.07 Å². The van der Waals surface area contributed by atoms with Crippen LogP contribution in [-0.2, 0) is 9.53 Å². The van der Waals surface area contributed by atoms with Gasteiger partial charge in [-0.25, -0.2) is 4.39 Å². The summed E-state index contributed by atoms with van der Waals surface area (Å²) in [7, 11) is 1.58. The van der Waals surface area contributed by atoms with Crippen molar-refractivity contribution in [3.63, 3.8) is 0 Å². The first-order valence-corrected chi connectivity index (χ1v) is 6.13. The molecule has 0 atom stereocenters. The Balaban J connectivity index is 2.66. The number of carbonyl (C=O) groups is 2. The number of aryl methyl sites for hydroxylation is 1. The highest BCUT2D eigenvalue weighted by atomic mass is 19.1. The van der Waals surface area contributed by atoms with Crippen LogP contribution < -0.4 is 0 Å². The van der Waals surface area contributed by atoms with E-state index in [1.165, 1.54) is 17.0 Å². The zero-order chi connectivity index (χ0) is 14.4. The molecule has 0 saturated heterocycles. The molecule has 0 fully saturated rings. The number of ether oxygens (including phenoxy) is 1. The summed E-state index contributed by atoms with van der Waals surface area (Å²) in [4.78, 5) is 24.7. The Hall–Kier alpha value is -1.91. The van der Waals surface area contributed by atoms with E-state index in [1.807, 2.05) is 0 Å². The van der Waals surface area contributed by atoms with Crippen LogP contribution in [0.4, 0.5) is 4.39 Å². The van der Waals surface area contributed by atoms with Gasteiger partial charge >= 0.3 is 5.97 Å². The highest BCUT2D eigenvalue weighted by Crippen LogP contribution is 2.12. The second kappa shape index (κ2) is 6.87.